The van der Waals surface area contributed by atoms with Gasteiger partial charge in [-0.3, -0.25) is 9.69 Å². The van der Waals surface area contributed by atoms with E-state index in [9.17, 15) is 9.18 Å². The maximum Gasteiger partial charge on any atom is 0.238 e. The molecule has 1 aromatic carbocycles. The second-order valence-electron chi connectivity index (χ2n) is 6.76. The van der Waals surface area contributed by atoms with Gasteiger partial charge in [-0.25, -0.2) is 4.39 Å². The van der Waals surface area contributed by atoms with Gasteiger partial charge in [-0.15, -0.1) is 0 Å². The molecule has 3 rings (SSSR count). The van der Waals surface area contributed by atoms with Gasteiger partial charge in [0.25, 0.3) is 0 Å². The van der Waals surface area contributed by atoms with E-state index in [0.29, 0.717) is 12.6 Å². The molecule has 2 fully saturated rings. The molecule has 1 N–H and O–H groups in total. The number of nitrogens with zero attached hydrogens (tertiary/aromatic N) is 1. The molecule has 2 aliphatic rings. The zero-order valence-corrected chi connectivity index (χ0v) is 13.3. The summed E-state index contributed by atoms with van der Waals surface area (Å²) in [4.78, 5) is 14.6. The Morgan fingerprint density at radius 2 is 2.05 bits per heavy atom. The van der Waals surface area contributed by atoms with Gasteiger partial charge in [-0.2, -0.15) is 0 Å². The number of halogens is 1. The van der Waals surface area contributed by atoms with Crippen molar-refractivity contribution in [1.29, 1.82) is 0 Å². The highest BCUT2D eigenvalue weighted by molar-refractivity contribution is 5.92. The predicted octanol–water partition coefficient (Wildman–Crippen LogP) is 3.73. The van der Waals surface area contributed by atoms with Crippen molar-refractivity contribution < 1.29 is 9.18 Å². The fourth-order valence-electron chi connectivity index (χ4n) is 4.02. The zero-order chi connectivity index (χ0) is 15.5. The second kappa shape index (κ2) is 6.78. The highest BCUT2D eigenvalue weighted by Gasteiger charge is 2.33. The summed E-state index contributed by atoms with van der Waals surface area (Å²) in [5.74, 6) is 0.294. The lowest BCUT2D eigenvalue weighted by molar-refractivity contribution is -0.119. The molecule has 22 heavy (non-hydrogen) atoms. The van der Waals surface area contributed by atoms with Gasteiger partial charge in [-0.1, -0.05) is 18.9 Å². The molecule has 0 bridgehead atoms. The van der Waals surface area contributed by atoms with Crippen LogP contribution in [0, 0.1) is 18.7 Å². The monoisotopic (exact) mass is 304 g/mol. The van der Waals surface area contributed by atoms with E-state index in [-0.39, 0.29) is 17.4 Å². The zero-order valence-electron chi connectivity index (χ0n) is 13.3. The average molecular weight is 304 g/mol. The Bertz CT molecular complexity index is 544. The quantitative estimate of drug-likeness (QED) is 0.923. The first-order chi connectivity index (χ1) is 10.6. The van der Waals surface area contributed by atoms with E-state index in [4.69, 9.17) is 0 Å². The molecule has 1 saturated carbocycles. The standard InChI is InChI=1S/C18H25FN2O/c1-13-8-9-16(15(19)11-13)20-18(22)12-21-10-4-6-14-5-2-3-7-17(14)21/h8-9,11,14,17H,2-7,10,12H2,1H3,(H,20,22)/t14-,17+/m1/s1. The van der Waals surface area contributed by atoms with Gasteiger partial charge in [0.1, 0.15) is 5.82 Å². The Morgan fingerprint density at radius 3 is 2.86 bits per heavy atom. The van der Waals surface area contributed by atoms with Gasteiger partial charge < -0.3 is 5.32 Å². The summed E-state index contributed by atoms with van der Waals surface area (Å²) in [6.07, 6.45) is 7.58. The minimum Gasteiger partial charge on any atom is -0.322 e. The van der Waals surface area contributed by atoms with Crippen molar-refractivity contribution in [2.75, 3.05) is 18.4 Å². The summed E-state index contributed by atoms with van der Waals surface area (Å²) < 4.78 is 13.8. The molecule has 4 heteroatoms. The molecule has 0 unspecified atom stereocenters. The summed E-state index contributed by atoms with van der Waals surface area (Å²) in [6.45, 7) is 3.21. The molecule has 120 valence electrons. The number of benzene rings is 1. The smallest absolute Gasteiger partial charge is 0.238 e. The number of fused-ring (bicyclic) bond motifs is 1. The molecule has 3 nitrogen and oxygen atoms in total. The van der Waals surface area contributed by atoms with Crippen molar-refractivity contribution in [2.45, 2.75) is 51.5 Å². The summed E-state index contributed by atoms with van der Waals surface area (Å²) in [5, 5.41) is 2.72. The van der Waals surface area contributed by atoms with E-state index in [2.05, 4.69) is 10.2 Å². The summed E-state index contributed by atoms with van der Waals surface area (Å²) in [6, 6.07) is 5.46. The number of carbonyl (C=O) groups excluding carboxylic acids is 1. The molecule has 1 aliphatic heterocycles. The first kappa shape index (κ1) is 15.5. The van der Waals surface area contributed by atoms with E-state index in [1.54, 1.807) is 6.07 Å². The van der Waals surface area contributed by atoms with Gasteiger partial charge in [0.05, 0.1) is 12.2 Å². The van der Waals surface area contributed by atoms with Crippen LogP contribution in [0.25, 0.3) is 0 Å². The van der Waals surface area contributed by atoms with E-state index in [1.807, 2.05) is 13.0 Å². The number of carbonyl (C=O) groups is 1. The molecular weight excluding hydrogens is 279 g/mol. The summed E-state index contributed by atoms with van der Waals surface area (Å²) in [5.41, 5.74) is 1.14. The van der Waals surface area contributed by atoms with Crippen LogP contribution in [0.1, 0.15) is 44.1 Å². The van der Waals surface area contributed by atoms with E-state index in [0.717, 1.165) is 18.0 Å². The summed E-state index contributed by atoms with van der Waals surface area (Å²) >= 11 is 0. The molecule has 1 heterocycles. The SMILES string of the molecule is Cc1ccc(NC(=O)CN2CCC[C@H]3CCCC[C@@H]32)c(F)c1. The summed E-state index contributed by atoms with van der Waals surface area (Å²) in [7, 11) is 0. The molecule has 1 aromatic rings. The number of aryl methyl sites for hydroxylation is 1. The third kappa shape index (κ3) is 3.49. The van der Waals surface area contributed by atoms with Crippen LogP contribution >= 0.6 is 0 Å². The number of amides is 1. The van der Waals surface area contributed by atoms with E-state index in [1.165, 1.54) is 44.6 Å². The Labute approximate surface area is 131 Å². The molecule has 0 radical (unpaired) electrons. The van der Waals surface area contributed by atoms with Gasteiger partial charge in [0.15, 0.2) is 0 Å². The third-order valence-electron chi connectivity index (χ3n) is 5.10. The van der Waals surface area contributed by atoms with Crippen LogP contribution in [-0.4, -0.2) is 29.9 Å². The van der Waals surface area contributed by atoms with E-state index < -0.39 is 0 Å². The largest absolute Gasteiger partial charge is 0.322 e. The third-order valence-corrected chi connectivity index (χ3v) is 5.10. The predicted molar refractivity (Wildman–Crippen MR) is 86.3 cm³/mol. The number of anilines is 1. The lowest BCUT2D eigenvalue weighted by Crippen LogP contribution is -2.49. The van der Waals surface area contributed by atoms with Gasteiger partial charge in [0.2, 0.25) is 5.91 Å². The Morgan fingerprint density at radius 1 is 1.27 bits per heavy atom. The number of nitrogens with one attached hydrogen (secondary N) is 1. The molecule has 1 aliphatic carbocycles. The topological polar surface area (TPSA) is 32.3 Å². The number of hydrogen-bond donors (Lipinski definition) is 1. The molecule has 1 amide bonds. The highest BCUT2D eigenvalue weighted by Crippen LogP contribution is 2.35. The number of piperidine rings is 1. The first-order valence-corrected chi connectivity index (χ1v) is 8.43. The molecule has 2 atom stereocenters. The lowest BCUT2D eigenvalue weighted by atomic mass is 9.78. The van der Waals surface area contributed by atoms with Crippen LogP contribution in [0.15, 0.2) is 18.2 Å². The molecule has 1 saturated heterocycles. The van der Waals surface area contributed by atoms with Crippen molar-refractivity contribution in [1.82, 2.24) is 4.90 Å². The maximum absolute atomic E-state index is 13.8. The number of likely N-dealkylation sites (tertiary alicyclic amines) is 1. The molecule has 0 aromatic heterocycles. The van der Waals surface area contributed by atoms with Gasteiger partial charge in [-0.05, 0) is 62.8 Å². The normalized spacial score (nSPS) is 25.5. The van der Waals surface area contributed by atoms with Crippen LogP contribution in [0.5, 0.6) is 0 Å². The van der Waals surface area contributed by atoms with Crippen LogP contribution < -0.4 is 5.32 Å². The van der Waals surface area contributed by atoms with Crippen LogP contribution in [0.2, 0.25) is 0 Å². The Hall–Kier alpha value is -1.42. The van der Waals surface area contributed by atoms with Crippen molar-refractivity contribution in [2.24, 2.45) is 5.92 Å². The minimum atomic E-state index is -0.359. The van der Waals surface area contributed by atoms with E-state index >= 15 is 0 Å². The van der Waals surface area contributed by atoms with Gasteiger partial charge in [0, 0.05) is 6.04 Å². The number of hydrogen-bond acceptors (Lipinski definition) is 2. The van der Waals surface area contributed by atoms with Crippen LogP contribution in [-0.2, 0) is 4.79 Å². The van der Waals surface area contributed by atoms with Crippen molar-refractivity contribution in [3.05, 3.63) is 29.6 Å². The van der Waals surface area contributed by atoms with Crippen molar-refractivity contribution >= 4 is 11.6 Å². The minimum absolute atomic E-state index is 0.103. The van der Waals surface area contributed by atoms with Gasteiger partial charge >= 0.3 is 0 Å². The highest BCUT2D eigenvalue weighted by atomic mass is 19.1. The Balaban J connectivity index is 1.61. The maximum atomic E-state index is 13.8. The first-order valence-electron chi connectivity index (χ1n) is 8.43. The van der Waals surface area contributed by atoms with Crippen molar-refractivity contribution in [3.8, 4) is 0 Å². The van der Waals surface area contributed by atoms with Crippen LogP contribution in [0.4, 0.5) is 10.1 Å². The lowest BCUT2D eigenvalue weighted by Gasteiger charge is -2.43. The average Bonchev–Trinajstić information content (AvgIpc) is 2.50. The Kier molecular flexibility index (Phi) is 4.77. The fraction of sp³-hybridized carbons (Fsp3) is 0.611. The van der Waals surface area contributed by atoms with Crippen molar-refractivity contribution in [3.63, 3.8) is 0 Å². The molecular formula is C18H25FN2O. The number of rotatable bonds is 3. The van der Waals surface area contributed by atoms with Crippen LogP contribution in [0.3, 0.4) is 0 Å². The molecule has 0 spiro atoms. The second-order valence-corrected chi connectivity index (χ2v) is 6.76. The fourth-order valence-corrected chi connectivity index (χ4v) is 4.02.